The van der Waals surface area contributed by atoms with E-state index in [1.807, 2.05) is 6.92 Å². The van der Waals surface area contributed by atoms with E-state index in [-0.39, 0.29) is 16.4 Å². The van der Waals surface area contributed by atoms with Crippen LogP contribution in [0.4, 0.5) is 5.00 Å². The molecule has 6 nitrogen and oxygen atoms in total. The molecule has 0 spiro atoms. The Balaban J connectivity index is 1.59. The number of rotatable bonds is 7. The number of carbonyl (C=O) groups excluding carboxylic acids is 1. The van der Waals surface area contributed by atoms with Gasteiger partial charge in [0.25, 0.3) is 5.91 Å². The van der Waals surface area contributed by atoms with Crippen LogP contribution in [0.3, 0.4) is 0 Å². The molecule has 1 heterocycles. The molecule has 0 saturated carbocycles. The highest BCUT2D eigenvalue weighted by Crippen LogP contribution is 2.43. The zero-order valence-corrected chi connectivity index (χ0v) is 19.6. The fourth-order valence-corrected chi connectivity index (χ4v) is 7.02. The fourth-order valence-electron chi connectivity index (χ4n) is 3.72. The number of amides is 1. The molecule has 2 aromatic carbocycles. The number of carbonyl (C=O) groups is 1. The van der Waals surface area contributed by atoms with Gasteiger partial charge >= 0.3 is 0 Å². The number of benzene rings is 2. The molecule has 8 heteroatoms. The van der Waals surface area contributed by atoms with E-state index in [2.05, 4.69) is 5.32 Å². The first kappa shape index (κ1) is 22.4. The van der Waals surface area contributed by atoms with E-state index in [1.165, 1.54) is 11.3 Å². The Morgan fingerprint density at radius 3 is 2.34 bits per heavy atom. The van der Waals surface area contributed by atoms with Gasteiger partial charge in [-0.05, 0) is 74.6 Å². The van der Waals surface area contributed by atoms with E-state index in [1.54, 1.807) is 55.6 Å². The van der Waals surface area contributed by atoms with Crippen molar-refractivity contribution >= 4 is 32.1 Å². The summed E-state index contributed by atoms with van der Waals surface area (Å²) in [5.74, 6) is 0.815. The maximum atomic E-state index is 13.5. The molecule has 0 saturated heterocycles. The lowest BCUT2D eigenvalue weighted by atomic mass is 9.99. The summed E-state index contributed by atoms with van der Waals surface area (Å²) < 4.78 is 37.7. The van der Waals surface area contributed by atoms with Gasteiger partial charge in [0.15, 0.2) is 6.61 Å². The second-order valence-corrected chi connectivity index (χ2v) is 10.7. The van der Waals surface area contributed by atoms with E-state index >= 15 is 0 Å². The zero-order valence-electron chi connectivity index (χ0n) is 18.0. The van der Waals surface area contributed by atoms with Crippen LogP contribution in [0.25, 0.3) is 0 Å². The first-order valence-electron chi connectivity index (χ1n) is 10.4. The molecular weight excluding hydrogens is 446 g/mol. The molecule has 1 aromatic heterocycles. The van der Waals surface area contributed by atoms with Gasteiger partial charge in [-0.2, -0.15) is 0 Å². The number of sulfone groups is 1. The third-order valence-corrected chi connectivity index (χ3v) is 8.62. The van der Waals surface area contributed by atoms with Crippen LogP contribution in [0.15, 0.2) is 58.3 Å². The molecule has 1 aliphatic rings. The third kappa shape index (κ3) is 4.66. The highest BCUT2D eigenvalue weighted by molar-refractivity contribution is 7.92. The van der Waals surface area contributed by atoms with Crippen LogP contribution in [0, 0.1) is 6.92 Å². The van der Waals surface area contributed by atoms with E-state index < -0.39 is 15.7 Å². The Morgan fingerprint density at radius 1 is 1.00 bits per heavy atom. The molecule has 0 radical (unpaired) electrons. The largest absolute Gasteiger partial charge is 0.497 e. The third-order valence-electron chi connectivity index (χ3n) is 5.41. The summed E-state index contributed by atoms with van der Waals surface area (Å²) >= 11 is 1.36. The van der Waals surface area contributed by atoms with Gasteiger partial charge in [-0.25, -0.2) is 8.42 Å². The number of hydrogen-bond acceptors (Lipinski definition) is 6. The number of anilines is 1. The predicted octanol–water partition coefficient (Wildman–Crippen LogP) is 4.79. The lowest BCUT2D eigenvalue weighted by Gasteiger charge is -2.14. The summed E-state index contributed by atoms with van der Waals surface area (Å²) in [6.07, 6.45) is 3.48. The van der Waals surface area contributed by atoms with Crippen LogP contribution in [0.2, 0.25) is 0 Å². The van der Waals surface area contributed by atoms with Crippen LogP contribution in [0.5, 0.6) is 11.5 Å². The quantitative estimate of drug-likeness (QED) is 0.536. The molecule has 0 fully saturated rings. The molecule has 168 valence electrons. The van der Waals surface area contributed by atoms with Crippen LogP contribution in [0.1, 0.15) is 28.8 Å². The lowest BCUT2D eigenvalue weighted by molar-refractivity contribution is -0.118. The van der Waals surface area contributed by atoms with Crippen molar-refractivity contribution in [3.05, 3.63) is 64.5 Å². The Hall–Kier alpha value is -2.84. The van der Waals surface area contributed by atoms with Gasteiger partial charge in [-0.3, -0.25) is 4.79 Å². The summed E-state index contributed by atoms with van der Waals surface area (Å²) in [5.41, 5.74) is 1.83. The van der Waals surface area contributed by atoms with Crippen LogP contribution in [-0.4, -0.2) is 28.0 Å². The van der Waals surface area contributed by atoms with Gasteiger partial charge in [0.1, 0.15) is 21.4 Å². The lowest BCUT2D eigenvalue weighted by Crippen LogP contribution is -2.21. The van der Waals surface area contributed by atoms with Gasteiger partial charge in [-0.1, -0.05) is 17.7 Å². The van der Waals surface area contributed by atoms with E-state index in [0.29, 0.717) is 22.9 Å². The summed E-state index contributed by atoms with van der Waals surface area (Å²) in [7, 11) is -2.19. The minimum absolute atomic E-state index is 0.223. The molecule has 0 unspecified atom stereocenters. The molecule has 1 N–H and O–H groups in total. The Kier molecular flexibility index (Phi) is 6.53. The van der Waals surface area contributed by atoms with Crippen LogP contribution < -0.4 is 14.8 Å². The molecule has 4 rings (SSSR count). The number of nitrogens with one attached hydrogen (secondary N) is 1. The van der Waals surface area contributed by atoms with Crippen molar-refractivity contribution in [2.45, 2.75) is 42.4 Å². The molecule has 32 heavy (non-hydrogen) atoms. The van der Waals surface area contributed by atoms with Gasteiger partial charge < -0.3 is 14.8 Å². The maximum Gasteiger partial charge on any atom is 0.262 e. The second-order valence-electron chi connectivity index (χ2n) is 7.70. The average Bonchev–Trinajstić information content (AvgIpc) is 3.16. The normalized spacial score (nSPS) is 13.3. The Bertz CT molecular complexity index is 1210. The standard InChI is InChI=1S/C24H25NO5S2/c1-16-7-13-19(14-8-16)32(27,28)23-20-5-3-4-6-21(20)31-24(23)25-22(26)15-30-18-11-9-17(29-2)10-12-18/h7-14H,3-6,15H2,1-2H3,(H,25,26). The fraction of sp³-hybridized carbons (Fsp3) is 0.292. The van der Waals surface area contributed by atoms with Gasteiger partial charge in [-0.15, -0.1) is 11.3 Å². The molecule has 0 aliphatic heterocycles. The summed E-state index contributed by atoms with van der Waals surface area (Å²) in [6.45, 7) is 1.69. The van der Waals surface area contributed by atoms with E-state index in [4.69, 9.17) is 9.47 Å². The minimum atomic E-state index is -3.76. The van der Waals surface area contributed by atoms with E-state index in [9.17, 15) is 13.2 Å². The molecular formula is C24H25NO5S2. The predicted molar refractivity (Wildman–Crippen MR) is 125 cm³/mol. The van der Waals surface area contributed by atoms with Gasteiger partial charge in [0.05, 0.1) is 12.0 Å². The van der Waals surface area contributed by atoms with Crippen molar-refractivity contribution in [3.8, 4) is 11.5 Å². The second kappa shape index (κ2) is 9.34. The van der Waals surface area contributed by atoms with Crippen molar-refractivity contribution in [3.63, 3.8) is 0 Å². The monoisotopic (exact) mass is 471 g/mol. The number of hydrogen-bond donors (Lipinski definition) is 1. The van der Waals surface area contributed by atoms with Crippen molar-refractivity contribution in [2.24, 2.45) is 0 Å². The molecule has 3 aromatic rings. The Labute approximate surface area is 192 Å². The SMILES string of the molecule is COc1ccc(OCC(=O)Nc2sc3c(c2S(=O)(=O)c2ccc(C)cc2)CCCC3)cc1. The molecule has 1 aliphatic carbocycles. The Morgan fingerprint density at radius 2 is 1.66 bits per heavy atom. The van der Waals surface area contributed by atoms with Gasteiger partial charge in [0, 0.05) is 4.88 Å². The number of aryl methyl sites for hydroxylation is 2. The molecule has 0 atom stereocenters. The summed E-state index contributed by atoms with van der Waals surface area (Å²) in [5, 5.41) is 3.17. The van der Waals surface area contributed by atoms with Crippen LogP contribution >= 0.6 is 11.3 Å². The van der Waals surface area contributed by atoms with Crippen molar-refractivity contribution < 1.29 is 22.7 Å². The number of fused-ring (bicyclic) bond motifs is 1. The van der Waals surface area contributed by atoms with Crippen LogP contribution in [-0.2, 0) is 27.5 Å². The molecule has 0 bridgehead atoms. The number of ether oxygens (including phenoxy) is 2. The summed E-state index contributed by atoms with van der Waals surface area (Å²) in [6, 6.07) is 13.7. The topological polar surface area (TPSA) is 81.7 Å². The zero-order chi connectivity index (χ0) is 22.7. The smallest absolute Gasteiger partial charge is 0.262 e. The maximum absolute atomic E-state index is 13.5. The molecule has 1 amide bonds. The van der Waals surface area contributed by atoms with E-state index in [0.717, 1.165) is 35.3 Å². The highest BCUT2D eigenvalue weighted by atomic mass is 32.2. The number of thiophene rings is 1. The average molecular weight is 472 g/mol. The first-order chi connectivity index (χ1) is 15.4. The van der Waals surface area contributed by atoms with Crippen molar-refractivity contribution in [1.29, 1.82) is 0 Å². The summed E-state index contributed by atoms with van der Waals surface area (Å²) in [4.78, 5) is 14.1. The minimum Gasteiger partial charge on any atom is -0.497 e. The highest BCUT2D eigenvalue weighted by Gasteiger charge is 2.31. The van der Waals surface area contributed by atoms with Crippen molar-refractivity contribution in [2.75, 3.05) is 19.0 Å². The number of methoxy groups -OCH3 is 1. The first-order valence-corrected chi connectivity index (χ1v) is 12.7. The van der Waals surface area contributed by atoms with Crippen molar-refractivity contribution in [1.82, 2.24) is 0 Å². The van der Waals surface area contributed by atoms with Gasteiger partial charge in [0.2, 0.25) is 9.84 Å².